The standard InChI is InChI=1S/C13H13N/c1-2-6-11-10(5-1)9-14-13-8-4-3-7-12(11)13/h1-6,14H,7-9H2. The molecule has 1 aliphatic heterocycles. The Morgan fingerprint density at radius 2 is 1.86 bits per heavy atom. The maximum Gasteiger partial charge on any atom is 0.0404 e. The average molecular weight is 183 g/mol. The topological polar surface area (TPSA) is 12.0 Å². The lowest BCUT2D eigenvalue weighted by Gasteiger charge is -2.26. The van der Waals surface area contributed by atoms with E-state index in [0.29, 0.717) is 0 Å². The Labute approximate surface area is 84.1 Å². The van der Waals surface area contributed by atoms with Crippen LogP contribution >= 0.6 is 0 Å². The Balaban J connectivity index is 2.14. The molecule has 1 aliphatic carbocycles. The first-order valence-electron chi connectivity index (χ1n) is 5.14. The van der Waals surface area contributed by atoms with Crippen molar-refractivity contribution in [3.05, 3.63) is 53.2 Å². The van der Waals surface area contributed by atoms with Crippen molar-refractivity contribution in [1.29, 1.82) is 0 Å². The van der Waals surface area contributed by atoms with Gasteiger partial charge in [0.05, 0.1) is 0 Å². The Bertz CT molecular complexity index is 427. The maximum absolute atomic E-state index is 3.51. The quantitative estimate of drug-likeness (QED) is 0.610. The molecule has 1 nitrogen and oxygen atoms in total. The van der Waals surface area contributed by atoms with Crippen molar-refractivity contribution in [1.82, 2.24) is 5.32 Å². The Kier molecular flexibility index (Phi) is 1.69. The molecule has 0 saturated carbocycles. The van der Waals surface area contributed by atoms with Crippen molar-refractivity contribution in [3.8, 4) is 0 Å². The fourth-order valence-electron chi connectivity index (χ4n) is 2.27. The van der Waals surface area contributed by atoms with Crippen LogP contribution in [0.5, 0.6) is 0 Å². The molecule has 70 valence electrons. The fraction of sp³-hybridized carbons (Fsp3) is 0.231. The average Bonchev–Trinajstić information content (AvgIpc) is 2.29. The van der Waals surface area contributed by atoms with E-state index in [-0.39, 0.29) is 0 Å². The highest BCUT2D eigenvalue weighted by Crippen LogP contribution is 2.32. The van der Waals surface area contributed by atoms with Gasteiger partial charge in [0.2, 0.25) is 0 Å². The third-order valence-electron chi connectivity index (χ3n) is 3.01. The van der Waals surface area contributed by atoms with E-state index in [1.54, 1.807) is 0 Å². The molecular formula is C13H13N. The van der Waals surface area contributed by atoms with Crippen molar-refractivity contribution in [2.75, 3.05) is 0 Å². The normalized spacial score (nSPS) is 18.6. The van der Waals surface area contributed by atoms with Gasteiger partial charge in [0.25, 0.3) is 0 Å². The first-order chi connectivity index (χ1) is 6.95. The first-order valence-corrected chi connectivity index (χ1v) is 5.14. The fourth-order valence-corrected chi connectivity index (χ4v) is 2.27. The van der Waals surface area contributed by atoms with Gasteiger partial charge in [0.15, 0.2) is 0 Å². The van der Waals surface area contributed by atoms with Gasteiger partial charge in [-0.25, -0.2) is 0 Å². The third-order valence-corrected chi connectivity index (χ3v) is 3.01. The molecule has 0 unspecified atom stereocenters. The van der Waals surface area contributed by atoms with Crippen LogP contribution in [0, 0.1) is 0 Å². The van der Waals surface area contributed by atoms with Gasteiger partial charge in [-0.2, -0.15) is 0 Å². The molecule has 1 aromatic carbocycles. The minimum absolute atomic E-state index is 0.989. The monoisotopic (exact) mass is 183 g/mol. The molecule has 14 heavy (non-hydrogen) atoms. The van der Waals surface area contributed by atoms with Crippen LogP contribution in [-0.2, 0) is 6.54 Å². The predicted octanol–water partition coefficient (Wildman–Crippen LogP) is 2.85. The van der Waals surface area contributed by atoms with E-state index in [9.17, 15) is 0 Å². The van der Waals surface area contributed by atoms with Gasteiger partial charge in [-0.3, -0.25) is 0 Å². The molecule has 1 aromatic rings. The van der Waals surface area contributed by atoms with Crippen LogP contribution in [0.15, 0.2) is 42.1 Å². The number of rotatable bonds is 0. The molecule has 0 spiro atoms. The van der Waals surface area contributed by atoms with Crippen LogP contribution in [-0.4, -0.2) is 0 Å². The summed E-state index contributed by atoms with van der Waals surface area (Å²) >= 11 is 0. The van der Waals surface area contributed by atoms with Crippen LogP contribution in [0.3, 0.4) is 0 Å². The number of fused-ring (bicyclic) bond motifs is 2. The van der Waals surface area contributed by atoms with E-state index in [1.807, 2.05) is 0 Å². The zero-order valence-electron chi connectivity index (χ0n) is 8.09. The zero-order chi connectivity index (χ0) is 9.38. The number of hydrogen-bond acceptors (Lipinski definition) is 1. The van der Waals surface area contributed by atoms with E-state index in [0.717, 1.165) is 19.4 Å². The highest BCUT2D eigenvalue weighted by atomic mass is 14.9. The van der Waals surface area contributed by atoms with Gasteiger partial charge >= 0.3 is 0 Å². The van der Waals surface area contributed by atoms with Crippen molar-refractivity contribution in [2.24, 2.45) is 0 Å². The van der Waals surface area contributed by atoms with Crippen LogP contribution in [0.1, 0.15) is 24.0 Å². The molecule has 0 fully saturated rings. The Hall–Kier alpha value is -1.50. The first kappa shape index (κ1) is 7.86. The molecule has 0 atom stereocenters. The number of hydrogen-bond donors (Lipinski definition) is 1. The summed E-state index contributed by atoms with van der Waals surface area (Å²) < 4.78 is 0. The summed E-state index contributed by atoms with van der Waals surface area (Å²) in [6.07, 6.45) is 6.67. The van der Waals surface area contributed by atoms with Crippen molar-refractivity contribution >= 4 is 5.57 Å². The minimum Gasteiger partial charge on any atom is -0.384 e. The van der Waals surface area contributed by atoms with Crippen molar-refractivity contribution in [2.45, 2.75) is 19.4 Å². The van der Waals surface area contributed by atoms with Gasteiger partial charge < -0.3 is 5.32 Å². The summed E-state index contributed by atoms with van der Waals surface area (Å²) in [6, 6.07) is 8.70. The molecule has 1 heteroatoms. The number of benzene rings is 1. The third kappa shape index (κ3) is 1.09. The summed E-state index contributed by atoms with van der Waals surface area (Å²) in [5, 5.41) is 3.51. The second-order valence-electron chi connectivity index (χ2n) is 3.85. The molecule has 2 aliphatic rings. The van der Waals surface area contributed by atoms with Crippen LogP contribution < -0.4 is 5.32 Å². The van der Waals surface area contributed by atoms with E-state index in [4.69, 9.17) is 0 Å². The van der Waals surface area contributed by atoms with Crippen LogP contribution in [0.4, 0.5) is 0 Å². The predicted molar refractivity (Wildman–Crippen MR) is 58.6 cm³/mol. The van der Waals surface area contributed by atoms with Crippen molar-refractivity contribution < 1.29 is 0 Å². The molecule has 0 bridgehead atoms. The Morgan fingerprint density at radius 3 is 2.86 bits per heavy atom. The summed E-state index contributed by atoms with van der Waals surface area (Å²) in [6.45, 7) is 0.989. The molecule has 0 radical (unpaired) electrons. The second kappa shape index (κ2) is 3.02. The molecule has 1 heterocycles. The SMILES string of the molecule is C1=CCC2=C(C1)NCc1ccccc12. The highest BCUT2D eigenvalue weighted by Gasteiger charge is 2.17. The van der Waals surface area contributed by atoms with E-state index in [1.165, 1.54) is 22.4 Å². The van der Waals surface area contributed by atoms with Crippen LogP contribution in [0.25, 0.3) is 5.57 Å². The van der Waals surface area contributed by atoms with Gasteiger partial charge in [-0.05, 0) is 23.1 Å². The molecule has 3 rings (SSSR count). The zero-order valence-corrected chi connectivity index (χ0v) is 8.09. The lowest BCUT2D eigenvalue weighted by atomic mass is 9.89. The summed E-state index contributed by atoms with van der Waals surface area (Å²) in [4.78, 5) is 0. The van der Waals surface area contributed by atoms with Crippen LogP contribution in [0.2, 0.25) is 0 Å². The largest absolute Gasteiger partial charge is 0.384 e. The van der Waals surface area contributed by atoms with Gasteiger partial charge in [0.1, 0.15) is 0 Å². The lowest BCUT2D eigenvalue weighted by Crippen LogP contribution is -2.21. The Morgan fingerprint density at radius 1 is 1.00 bits per heavy atom. The molecule has 0 aromatic heterocycles. The summed E-state index contributed by atoms with van der Waals surface area (Å²) in [5.74, 6) is 0. The second-order valence-corrected chi connectivity index (χ2v) is 3.85. The van der Waals surface area contributed by atoms with E-state index >= 15 is 0 Å². The summed E-state index contributed by atoms with van der Waals surface area (Å²) in [5.41, 5.74) is 5.80. The number of allylic oxidation sites excluding steroid dienone is 3. The maximum atomic E-state index is 3.51. The minimum atomic E-state index is 0.989. The smallest absolute Gasteiger partial charge is 0.0404 e. The molecule has 1 N–H and O–H groups in total. The van der Waals surface area contributed by atoms with Gasteiger partial charge in [-0.1, -0.05) is 36.4 Å². The number of nitrogens with one attached hydrogen (secondary N) is 1. The van der Waals surface area contributed by atoms with Gasteiger partial charge in [-0.15, -0.1) is 0 Å². The molecular weight excluding hydrogens is 170 g/mol. The highest BCUT2D eigenvalue weighted by molar-refractivity contribution is 5.74. The summed E-state index contributed by atoms with van der Waals surface area (Å²) in [7, 11) is 0. The van der Waals surface area contributed by atoms with E-state index in [2.05, 4.69) is 41.7 Å². The molecule has 0 amide bonds. The van der Waals surface area contributed by atoms with Gasteiger partial charge in [0, 0.05) is 18.7 Å². The molecule has 0 saturated heterocycles. The van der Waals surface area contributed by atoms with Crippen molar-refractivity contribution in [3.63, 3.8) is 0 Å². The van der Waals surface area contributed by atoms with E-state index < -0.39 is 0 Å². The lowest BCUT2D eigenvalue weighted by molar-refractivity contribution is 0.763.